The third kappa shape index (κ3) is 4.85. The molecule has 0 fully saturated rings. The van der Waals surface area contributed by atoms with Gasteiger partial charge in [-0.2, -0.15) is 5.10 Å². The fourth-order valence-electron chi connectivity index (χ4n) is 4.15. The number of amides is 1. The van der Waals surface area contributed by atoms with Gasteiger partial charge in [-0.25, -0.2) is 10.2 Å². The van der Waals surface area contributed by atoms with Crippen LogP contribution in [0, 0.1) is 13.8 Å². The Kier molecular flexibility index (Phi) is 7.03. The number of furan rings is 1. The lowest BCUT2D eigenvalue weighted by atomic mass is 9.93. The zero-order valence-corrected chi connectivity index (χ0v) is 21.3. The van der Waals surface area contributed by atoms with E-state index in [2.05, 4.69) is 40.3 Å². The Balaban J connectivity index is 1.60. The van der Waals surface area contributed by atoms with Crippen molar-refractivity contribution in [1.29, 1.82) is 0 Å². The van der Waals surface area contributed by atoms with E-state index in [0.29, 0.717) is 45.7 Å². The van der Waals surface area contributed by atoms with Crippen molar-refractivity contribution in [2.45, 2.75) is 52.9 Å². The van der Waals surface area contributed by atoms with Crippen LogP contribution in [0.15, 0.2) is 56.5 Å². The molecule has 176 valence electrons. The Hall–Kier alpha value is -3.19. The highest BCUT2D eigenvalue weighted by Gasteiger charge is 2.29. The molecule has 1 aliphatic rings. The van der Waals surface area contributed by atoms with Crippen molar-refractivity contribution in [1.82, 2.24) is 5.43 Å². The summed E-state index contributed by atoms with van der Waals surface area (Å²) in [4.78, 5) is 25.7. The van der Waals surface area contributed by atoms with Crippen LogP contribution < -0.4 is 10.2 Å². The second kappa shape index (κ2) is 9.97. The van der Waals surface area contributed by atoms with Crippen molar-refractivity contribution in [2.75, 3.05) is 0 Å². The Morgan fingerprint density at radius 1 is 1.12 bits per heavy atom. The van der Waals surface area contributed by atoms with Gasteiger partial charge in [0.05, 0.1) is 11.3 Å². The quantitative estimate of drug-likeness (QED) is 0.236. The van der Waals surface area contributed by atoms with Gasteiger partial charge in [0.25, 0.3) is 5.91 Å². The van der Waals surface area contributed by atoms with E-state index in [0.717, 1.165) is 23.1 Å². The number of ether oxygens (including phenoxy) is 1. The second-order valence-corrected chi connectivity index (χ2v) is 9.63. The molecule has 0 saturated heterocycles. The molecule has 6 nitrogen and oxygen atoms in total. The maximum absolute atomic E-state index is 13.1. The highest BCUT2D eigenvalue weighted by molar-refractivity contribution is 9.10. The highest BCUT2D eigenvalue weighted by Crippen LogP contribution is 2.32. The Morgan fingerprint density at radius 3 is 2.62 bits per heavy atom. The number of aryl methyl sites for hydroxylation is 2. The number of rotatable bonds is 5. The number of hydrogen-bond acceptors (Lipinski definition) is 5. The molecule has 1 heterocycles. The number of hydrazone groups is 1. The zero-order valence-electron chi connectivity index (χ0n) is 19.7. The maximum atomic E-state index is 13.1. The number of esters is 1. The van der Waals surface area contributed by atoms with Gasteiger partial charge in [0.15, 0.2) is 0 Å². The van der Waals surface area contributed by atoms with Crippen molar-refractivity contribution in [2.24, 2.45) is 5.10 Å². The van der Waals surface area contributed by atoms with Crippen molar-refractivity contribution in [3.05, 3.63) is 86.3 Å². The van der Waals surface area contributed by atoms with Gasteiger partial charge in [0, 0.05) is 22.0 Å². The third-order valence-electron chi connectivity index (χ3n) is 5.92. The summed E-state index contributed by atoms with van der Waals surface area (Å²) in [7, 11) is 0. The minimum absolute atomic E-state index is 0.174. The third-order valence-corrected chi connectivity index (χ3v) is 6.61. The topological polar surface area (TPSA) is 80.9 Å². The van der Waals surface area contributed by atoms with Crippen LogP contribution in [0.3, 0.4) is 0 Å². The monoisotopic (exact) mass is 522 g/mol. The fourth-order valence-corrected chi connectivity index (χ4v) is 4.62. The van der Waals surface area contributed by atoms with Gasteiger partial charge in [-0.3, -0.25) is 4.79 Å². The number of carbonyl (C=O) groups is 2. The van der Waals surface area contributed by atoms with Gasteiger partial charge in [0.2, 0.25) is 5.76 Å². The van der Waals surface area contributed by atoms with E-state index in [9.17, 15) is 9.59 Å². The summed E-state index contributed by atoms with van der Waals surface area (Å²) in [6, 6.07) is 13.0. The Labute approximate surface area is 207 Å². The molecule has 1 aliphatic carbocycles. The van der Waals surface area contributed by atoms with Crippen molar-refractivity contribution >= 4 is 33.5 Å². The summed E-state index contributed by atoms with van der Waals surface area (Å²) in [5, 5.41) is 4.39. The summed E-state index contributed by atoms with van der Waals surface area (Å²) in [5.41, 5.74) is 7.26. The second-order valence-electron chi connectivity index (χ2n) is 8.77. The number of carbonyl (C=O) groups excluding carboxylic acids is 2. The summed E-state index contributed by atoms with van der Waals surface area (Å²) >= 11 is 3.39. The summed E-state index contributed by atoms with van der Waals surface area (Å²) in [6.45, 7) is 7.91. The molecule has 0 spiro atoms. The van der Waals surface area contributed by atoms with E-state index in [1.54, 1.807) is 18.2 Å². The van der Waals surface area contributed by atoms with E-state index < -0.39 is 5.97 Å². The number of hydrogen-bond donors (Lipinski definition) is 1. The summed E-state index contributed by atoms with van der Waals surface area (Å²) < 4.78 is 12.4. The largest absolute Gasteiger partial charge is 0.453 e. The molecule has 1 N–H and O–H groups in total. The molecule has 0 atom stereocenters. The van der Waals surface area contributed by atoms with Crippen LogP contribution in [0.1, 0.15) is 81.5 Å². The Bertz CT molecular complexity index is 1290. The van der Waals surface area contributed by atoms with E-state index in [1.165, 1.54) is 0 Å². The average molecular weight is 523 g/mol. The predicted molar refractivity (Wildman–Crippen MR) is 135 cm³/mol. The first kappa shape index (κ1) is 24.0. The molecule has 0 unspecified atom stereocenters. The minimum atomic E-state index is -0.531. The molecule has 0 bridgehead atoms. The first-order chi connectivity index (χ1) is 16.3. The van der Waals surface area contributed by atoms with E-state index in [1.807, 2.05) is 38.1 Å². The van der Waals surface area contributed by atoms with Crippen LogP contribution >= 0.6 is 15.9 Å². The molecule has 34 heavy (non-hydrogen) atoms. The normalized spacial score (nSPS) is 14.2. The van der Waals surface area contributed by atoms with Crippen molar-refractivity contribution in [3.63, 3.8) is 0 Å². The van der Waals surface area contributed by atoms with E-state index in [4.69, 9.17) is 9.15 Å². The fraction of sp³-hybridized carbons (Fsp3) is 0.296. The molecule has 0 saturated carbocycles. The number of fused-ring (bicyclic) bond motifs is 1. The number of nitrogens with zero attached hydrogens (tertiary/aromatic N) is 1. The van der Waals surface area contributed by atoms with Crippen LogP contribution in [0.4, 0.5) is 0 Å². The molecule has 3 aromatic rings. The minimum Gasteiger partial charge on any atom is -0.453 e. The van der Waals surface area contributed by atoms with Crippen LogP contribution in [0.2, 0.25) is 0 Å². The predicted octanol–water partition coefficient (Wildman–Crippen LogP) is 6.47. The molecule has 1 amide bonds. The van der Waals surface area contributed by atoms with Gasteiger partial charge >= 0.3 is 5.97 Å². The first-order valence-corrected chi connectivity index (χ1v) is 12.1. The molecular weight excluding hydrogens is 496 g/mol. The summed E-state index contributed by atoms with van der Waals surface area (Å²) in [6.07, 6.45) is 2.18. The molecule has 2 aromatic carbocycles. The Morgan fingerprint density at radius 2 is 1.88 bits per heavy atom. The number of nitrogens with one attached hydrogen (secondary N) is 1. The smallest absolute Gasteiger partial charge is 0.379 e. The lowest BCUT2D eigenvalue weighted by molar-refractivity contribution is 0.0696. The SMILES string of the molecule is Cc1ccc(C(C)C)c(OC(=O)c2oc3c(c2C)/C(=N/NC(=O)c2ccccc2Br)CCC3)c1. The molecule has 1 aromatic heterocycles. The lowest BCUT2D eigenvalue weighted by Crippen LogP contribution is -2.22. The van der Waals surface area contributed by atoms with E-state index >= 15 is 0 Å². The van der Waals surface area contributed by atoms with E-state index in [-0.39, 0.29) is 17.6 Å². The number of halogens is 1. The van der Waals surface area contributed by atoms with Crippen LogP contribution in [0.25, 0.3) is 0 Å². The number of benzene rings is 2. The standard InChI is InChI=1S/C27H27BrN2O4/c1-15(2)18-13-12-16(3)14-23(18)34-27(32)25-17(4)24-21(10-7-11-22(24)33-25)29-30-26(31)19-8-5-6-9-20(19)28/h5-6,8-9,12-15H,7,10-11H2,1-4H3,(H,30,31)/b29-21+. The molecule has 7 heteroatoms. The van der Waals surface area contributed by atoms with Crippen LogP contribution in [0.5, 0.6) is 5.75 Å². The first-order valence-electron chi connectivity index (χ1n) is 11.3. The van der Waals surface area contributed by atoms with Gasteiger partial charge in [0.1, 0.15) is 11.5 Å². The van der Waals surface area contributed by atoms with Gasteiger partial charge in [-0.1, -0.05) is 38.1 Å². The average Bonchev–Trinajstić information content (AvgIpc) is 3.15. The van der Waals surface area contributed by atoms with Crippen molar-refractivity contribution < 1.29 is 18.7 Å². The zero-order chi connectivity index (χ0) is 24.4. The van der Waals surface area contributed by atoms with Gasteiger partial charge < -0.3 is 9.15 Å². The van der Waals surface area contributed by atoms with Crippen LogP contribution in [-0.4, -0.2) is 17.6 Å². The summed E-state index contributed by atoms with van der Waals surface area (Å²) in [5.74, 6) is 0.778. The molecule has 4 rings (SSSR count). The van der Waals surface area contributed by atoms with Crippen LogP contribution in [-0.2, 0) is 6.42 Å². The maximum Gasteiger partial charge on any atom is 0.379 e. The van der Waals surface area contributed by atoms with Gasteiger partial charge in [-0.05, 0) is 77.9 Å². The highest BCUT2D eigenvalue weighted by atomic mass is 79.9. The molecular formula is C27H27BrN2O4. The molecule has 0 aliphatic heterocycles. The molecule has 0 radical (unpaired) electrons. The van der Waals surface area contributed by atoms with Crippen molar-refractivity contribution in [3.8, 4) is 5.75 Å². The lowest BCUT2D eigenvalue weighted by Gasteiger charge is -2.13. The van der Waals surface area contributed by atoms with Gasteiger partial charge in [-0.15, -0.1) is 0 Å².